The van der Waals surface area contributed by atoms with Crippen LogP contribution in [0.5, 0.6) is 5.75 Å². The molecule has 8 nitrogen and oxygen atoms in total. The van der Waals surface area contributed by atoms with Gasteiger partial charge in [0.1, 0.15) is 12.3 Å². The molecule has 2 aliphatic heterocycles. The summed E-state index contributed by atoms with van der Waals surface area (Å²) in [6, 6.07) is 15.5. The molecule has 3 aromatic carbocycles. The summed E-state index contributed by atoms with van der Waals surface area (Å²) in [5, 5.41) is 4.49. The van der Waals surface area contributed by atoms with Crippen molar-refractivity contribution in [1.82, 2.24) is 4.31 Å². The molecule has 0 bridgehead atoms. The van der Waals surface area contributed by atoms with Gasteiger partial charge >= 0.3 is 0 Å². The minimum atomic E-state index is -3.65. The Balaban J connectivity index is 1.40. The molecule has 3 aromatic rings. The van der Waals surface area contributed by atoms with Crippen LogP contribution in [0, 0.1) is 0 Å². The zero-order valence-corrected chi connectivity index (χ0v) is 18.9. The van der Waals surface area contributed by atoms with Crippen molar-refractivity contribution in [3.63, 3.8) is 0 Å². The largest absolute Gasteiger partial charge is 0.495 e. The third-order valence-corrected chi connectivity index (χ3v) is 7.99. The molecule has 5 rings (SSSR count). The fourth-order valence-corrected chi connectivity index (χ4v) is 6.04. The molecular formula is C24H23N3O5S. The summed E-state index contributed by atoms with van der Waals surface area (Å²) >= 11 is 0. The number of amides is 2. The van der Waals surface area contributed by atoms with E-state index in [4.69, 9.17) is 4.74 Å². The Hall–Kier alpha value is -3.43. The van der Waals surface area contributed by atoms with Crippen LogP contribution in [-0.2, 0) is 14.8 Å². The molecule has 1 fully saturated rings. The maximum atomic E-state index is 13.0. The molecule has 0 aromatic heterocycles. The minimum Gasteiger partial charge on any atom is -0.495 e. The smallest absolute Gasteiger partial charge is 0.259 e. The van der Waals surface area contributed by atoms with E-state index in [0.29, 0.717) is 30.1 Å². The number of carbonyl (C=O) groups excluding carboxylic acids is 2. The number of hydrogen-bond donors (Lipinski definition) is 1. The van der Waals surface area contributed by atoms with Crippen LogP contribution < -0.4 is 15.0 Å². The van der Waals surface area contributed by atoms with Crippen molar-refractivity contribution in [2.24, 2.45) is 0 Å². The predicted molar refractivity (Wildman–Crippen MR) is 125 cm³/mol. The fraction of sp³-hybridized carbons (Fsp3) is 0.250. The Morgan fingerprint density at radius 3 is 2.52 bits per heavy atom. The summed E-state index contributed by atoms with van der Waals surface area (Å²) in [6.45, 7) is 0.761. The van der Waals surface area contributed by atoms with Gasteiger partial charge in [0.15, 0.2) is 0 Å². The summed E-state index contributed by atoms with van der Waals surface area (Å²) in [7, 11) is -2.21. The molecule has 9 heteroatoms. The second-order valence-electron chi connectivity index (χ2n) is 8.09. The van der Waals surface area contributed by atoms with Crippen LogP contribution >= 0.6 is 0 Å². The topological polar surface area (TPSA) is 96.0 Å². The number of ether oxygens (including phenoxy) is 1. The number of nitrogens with one attached hydrogen (secondary N) is 1. The van der Waals surface area contributed by atoms with Crippen molar-refractivity contribution in [3.8, 4) is 5.75 Å². The van der Waals surface area contributed by atoms with Gasteiger partial charge in [-0.2, -0.15) is 4.31 Å². The van der Waals surface area contributed by atoms with Crippen molar-refractivity contribution in [2.45, 2.75) is 17.7 Å². The molecule has 0 aliphatic carbocycles. The summed E-state index contributed by atoms with van der Waals surface area (Å²) in [4.78, 5) is 27.4. The fourth-order valence-electron chi connectivity index (χ4n) is 4.49. The molecule has 2 heterocycles. The van der Waals surface area contributed by atoms with Crippen molar-refractivity contribution in [2.75, 3.05) is 37.0 Å². The lowest BCUT2D eigenvalue weighted by molar-refractivity contribution is -0.114. The van der Waals surface area contributed by atoms with Gasteiger partial charge in [0, 0.05) is 24.0 Å². The lowest BCUT2D eigenvalue weighted by atomic mass is 10.1. The van der Waals surface area contributed by atoms with Gasteiger partial charge in [-0.25, -0.2) is 8.42 Å². The first kappa shape index (κ1) is 21.4. The van der Waals surface area contributed by atoms with Gasteiger partial charge in [0.05, 0.1) is 23.4 Å². The molecule has 2 amide bonds. The Morgan fingerprint density at radius 2 is 1.79 bits per heavy atom. The number of benzene rings is 3. The first-order valence-electron chi connectivity index (χ1n) is 10.7. The SMILES string of the molecule is COc1ccc(S(=O)(=O)N2CCCC2)cc1NC(=O)CN1C(=O)c2cccc3cccc1c23. The second-order valence-corrected chi connectivity index (χ2v) is 10.0. The molecule has 170 valence electrons. The number of rotatable bonds is 6. The molecular weight excluding hydrogens is 442 g/mol. The molecule has 0 radical (unpaired) electrons. The van der Waals surface area contributed by atoms with Gasteiger partial charge in [-0.1, -0.05) is 24.3 Å². The number of carbonyl (C=O) groups is 2. The van der Waals surface area contributed by atoms with Gasteiger partial charge in [0.25, 0.3) is 5.91 Å². The predicted octanol–water partition coefficient (Wildman–Crippen LogP) is 3.23. The monoisotopic (exact) mass is 465 g/mol. The van der Waals surface area contributed by atoms with Crippen LogP contribution in [-0.4, -0.2) is 51.3 Å². The van der Waals surface area contributed by atoms with Crippen LogP contribution in [0.3, 0.4) is 0 Å². The highest BCUT2D eigenvalue weighted by Crippen LogP contribution is 2.37. The Bertz CT molecular complexity index is 1370. The summed E-state index contributed by atoms with van der Waals surface area (Å²) in [6.07, 6.45) is 1.66. The third-order valence-electron chi connectivity index (χ3n) is 6.10. The molecule has 0 atom stereocenters. The van der Waals surface area contributed by atoms with E-state index in [2.05, 4.69) is 5.32 Å². The van der Waals surface area contributed by atoms with E-state index in [1.54, 1.807) is 6.07 Å². The number of hydrogen-bond acceptors (Lipinski definition) is 5. The number of nitrogens with zero attached hydrogens (tertiary/aromatic N) is 2. The summed E-state index contributed by atoms with van der Waals surface area (Å²) in [5.74, 6) is -0.363. The first-order chi connectivity index (χ1) is 15.9. The van der Waals surface area contributed by atoms with E-state index in [1.165, 1.54) is 34.5 Å². The van der Waals surface area contributed by atoms with Crippen LogP contribution in [0.2, 0.25) is 0 Å². The Labute approximate surface area is 191 Å². The summed E-state index contributed by atoms with van der Waals surface area (Å²) < 4.78 is 32.7. The maximum Gasteiger partial charge on any atom is 0.259 e. The van der Waals surface area contributed by atoms with Crippen LogP contribution in [0.1, 0.15) is 23.2 Å². The lowest BCUT2D eigenvalue weighted by Crippen LogP contribution is -2.35. The van der Waals surface area contributed by atoms with Gasteiger partial charge in [-0.3, -0.25) is 14.5 Å². The van der Waals surface area contributed by atoms with Crippen molar-refractivity contribution in [1.29, 1.82) is 0 Å². The van der Waals surface area contributed by atoms with Gasteiger partial charge in [-0.15, -0.1) is 0 Å². The van der Waals surface area contributed by atoms with E-state index in [-0.39, 0.29) is 23.0 Å². The lowest BCUT2D eigenvalue weighted by Gasteiger charge is -2.19. The Kier molecular flexibility index (Phi) is 5.30. The zero-order chi connectivity index (χ0) is 23.2. The normalized spacial score (nSPS) is 15.9. The molecule has 0 spiro atoms. The quantitative estimate of drug-likeness (QED) is 0.603. The van der Waals surface area contributed by atoms with E-state index < -0.39 is 15.9 Å². The average molecular weight is 466 g/mol. The maximum absolute atomic E-state index is 13.0. The van der Waals surface area contributed by atoms with Gasteiger partial charge in [0.2, 0.25) is 15.9 Å². The van der Waals surface area contributed by atoms with Crippen molar-refractivity contribution >= 4 is 44.0 Å². The second kappa shape index (κ2) is 8.17. The Morgan fingerprint density at radius 1 is 1.06 bits per heavy atom. The van der Waals surface area contributed by atoms with E-state index in [9.17, 15) is 18.0 Å². The van der Waals surface area contributed by atoms with Crippen LogP contribution in [0.15, 0.2) is 59.5 Å². The first-order valence-corrected chi connectivity index (χ1v) is 12.2. The van der Waals surface area contributed by atoms with Crippen molar-refractivity contribution in [3.05, 3.63) is 60.2 Å². The molecule has 33 heavy (non-hydrogen) atoms. The van der Waals surface area contributed by atoms with E-state index >= 15 is 0 Å². The molecule has 2 aliphatic rings. The highest BCUT2D eigenvalue weighted by atomic mass is 32.2. The van der Waals surface area contributed by atoms with Crippen molar-refractivity contribution < 1.29 is 22.7 Å². The van der Waals surface area contributed by atoms with E-state index in [0.717, 1.165) is 23.6 Å². The zero-order valence-electron chi connectivity index (χ0n) is 18.1. The highest BCUT2D eigenvalue weighted by Gasteiger charge is 2.32. The van der Waals surface area contributed by atoms with Crippen LogP contribution in [0.25, 0.3) is 10.8 Å². The molecule has 1 N–H and O–H groups in total. The number of methoxy groups -OCH3 is 1. The molecule has 1 saturated heterocycles. The third kappa shape index (κ3) is 3.63. The van der Waals surface area contributed by atoms with Gasteiger partial charge < -0.3 is 10.1 Å². The van der Waals surface area contributed by atoms with E-state index in [1.807, 2.05) is 30.3 Å². The number of anilines is 2. The standard InChI is InChI=1S/C24H23N3O5S/c1-32-21-11-10-17(33(30,31)26-12-2-3-13-26)14-19(21)25-22(28)15-27-20-9-5-7-16-6-4-8-18(23(16)20)24(27)29/h4-11,14H,2-3,12-13,15H2,1H3,(H,25,28). The number of sulfonamides is 1. The molecule has 0 saturated carbocycles. The van der Waals surface area contributed by atoms with Gasteiger partial charge in [-0.05, 0) is 48.6 Å². The highest BCUT2D eigenvalue weighted by molar-refractivity contribution is 7.89. The minimum absolute atomic E-state index is 0.0925. The average Bonchev–Trinajstić information content (AvgIpc) is 3.45. The van der Waals surface area contributed by atoms with Crippen LogP contribution in [0.4, 0.5) is 11.4 Å². The molecule has 0 unspecified atom stereocenters. The summed E-state index contributed by atoms with van der Waals surface area (Å²) in [5.41, 5.74) is 1.48.